The van der Waals surface area contributed by atoms with Crippen molar-refractivity contribution in [2.45, 2.75) is 31.9 Å². The molecule has 5 rings (SSSR count). The van der Waals surface area contributed by atoms with Gasteiger partial charge in [-0.15, -0.1) is 0 Å². The van der Waals surface area contributed by atoms with Crippen LogP contribution in [0, 0.1) is 6.92 Å². The van der Waals surface area contributed by atoms with E-state index in [2.05, 4.69) is 0 Å². The molecule has 4 aromatic rings. The molecule has 7 nitrogen and oxygen atoms in total. The minimum atomic E-state index is -0.777. The van der Waals surface area contributed by atoms with Crippen molar-refractivity contribution in [3.8, 4) is 11.5 Å². The number of para-hydroxylation sites is 5. The summed E-state index contributed by atoms with van der Waals surface area (Å²) in [7, 11) is 1.59. The van der Waals surface area contributed by atoms with Crippen LogP contribution in [0.25, 0.3) is 11.0 Å². The molecule has 3 aromatic carbocycles. The zero-order valence-corrected chi connectivity index (χ0v) is 19.9. The van der Waals surface area contributed by atoms with Crippen molar-refractivity contribution in [3.63, 3.8) is 0 Å². The number of aliphatic hydroxyl groups excluding tert-OH is 1. The predicted molar refractivity (Wildman–Crippen MR) is 135 cm³/mol. The molecule has 180 valence electrons. The van der Waals surface area contributed by atoms with Crippen LogP contribution in [0.5, 0.6) is 11.5 Å². The first kappa shape index (κ1) is 22.9. The van der Waals surface area contributed by atoms with Gasteiger partial charge in [-0.1, -0.05) is 42.5 Å². The van der Waals surface area contributed by atoms with Crippen LogP contribution in [0.2, 0.25) is 0 Å². The first-order chi connectivity index (χ1) is 17.0. The van der Waals surface area contributed by atoms with Gasteiger partial charge in [0, 0.05) is 24.6 Å². The smallest absolute Gasteiger partial charge is 0.227 e. The molecular weight excluding hydrogens is 442 g/mol. The lowest BCUT2D eigenvalue weighted by Gasteiger charge is -2.20. The molecule has 1 aliphatic heterocycles. The summed E-state index contributed by atoms with van der Waals surface area (Å²) in [5, 5.41) is 10.9. The molecule has 0 saturated carbocycles. The Balaban J connectivity index is 1.39. The monoisotopic (exact) mass is 471 g/mol. The second-order valence-corrected chi connectivity index (χ2v) is 8.88. The highest BCUT2D eigenvalue weighted by molar-refractivity contribution is 5.97. The highest BCUT2D eigenvalue weighted by Gasteiger charge is 2.35. The molecule has 0 bridgehead atoms. The van der Waals surface area contributed by atoms with Gasteiger partial charge in [0.15, 0.2) is 11.5 Å². The third-order valence-corrected chi connectivity index (χ3v) is 6.47. The third-order valence-electron chi connectivity index (χ3n) is 6.47. The number of methoxy groups -OCH3 is 1. The molecule has 0 spiro atoms. The molecule has 1 fully saturated rings. The Labute approximate surface area is 204 Å². The molecule has 1 amide bonds. The van der Waals surface area contributed by atoms with Crippen molar-refractivity contribution >= 4 is 22.6 Å². The second kappa shape index (κ2) is 9.80. The van der Waals surface area contributed by atoms with Gasteiger partial charge in [0.05, 0.1) is 24.7 Å². The molecule has 2 atom stereocenters. The molecule has 1 saturated heterocycles. The number of benzene rings is 3. The van der Waals surface area contributed by atoms with Gasteiger partial charge < -0.3 is 24.0 Å². The highest BCUT2D eigenvalue weighted by atomic mass is 16.5. The minimum absolute atomic E-state index is 0.0724. The van der Waals surface area contributed by atoms with Crippen LogP contribution in [0.15, 0.2) is 72.8 Å². The van der Waals surface area contributed by atoms with Crippen molar-refractivity contribution in [1.82, 2.24) is 9.55 Å². The van der Waals surface area contributed by atoms with Crippen LogP contribution >= 0.6 is 0 Å². The summed E-state index contributed by atoms with van der Waals surface area (Å²) < 4.78 is 13.2. The Hall–Kier alpha value is -3.84. The van der Waals surface area contributed by atoms with Crippen molar-refractivity contribution in [2.24, 2.45) is 0 Å². The Morgan fingerprint density at radius 1 is 1.03 bits per heavy atom. The lowest BCUT2D eigenvalue weighted by atomic mass is 10.1. The van der Waals surface area contributed by atoms with E-state index in [1.54, 1.807) is 7.11 Å². The fraction of sp³-hybridized carbons (Fsp3) is 0.286. The van der Waals surface area contributed by atoms with E-state index >= 15 is 0 Å². The fourth-order valence-electron chi connectivity index (χ4n) is 4.76. The van der Waals surface area contributed by atoms with E-state index in [1.807, 2.05) is 89.2 Å². The quantitative estimate of drug-likeness (QED) is 0.414. The molecular formula is C28H29N3O4. The number of imidazole rings is 1. The number of amides is 1. The maximum atomic E-state index is 13.0. The molecule has 2 unspecified atom stereocenters. The number of carbonyl (C=O) groups excluding carboxylic acids is 1. The Bertz CT molecular complexity index is 1350. The molecule has 7 heteroatoms. The number of aliphatic hydroxyl groups is 1. The largest absolute Gasteiger partial charge is 0.493 e. The van der Waals surface area contributed by atoms with Gasteiger partial charge in [0.2, 0.25) is 5.91 Å². The molecule has 0 aliphatic carbocycles. The number of fused-ring (bicyclic) bond motifs is 1. The van der Waals surface area contributed by atoms with E-state index in [9.17, 15) is 9.90 Å². The maximum Gasteiger partial charge on any atom is 0.227 e. The van der Waals surface area contributed by atoms with Crippen LogP contribution in [0.3, 0.4) is 0 Å². The summed E-state index contributed by atoms with van der Waals surface area (Å²) in [4.78, 5) is 19.7. The van der Waals surface area contributed by atoms with E-state index in [0.29, 0.717) is 31.0 Å². The van der Waals surface area contributed by atoms with Crippen LogP contribution in [0.1, 0.15) is 23.7 Å². The molecule has 2 heterocycles. The van der Waals surface area contributed by atoms with E-state index in [1.165, 1.54) is 0 Å². The Kier molecular flexibility index (Phi) is 6.42. The Morgan fingerprint density at radius 2 is 1.74 bits per heavy atom. The fourth-order valence-corrected chi connectivity index (χ4v) is 4.76. The number of carbonyl (C=O) groups is 1. The van der Waals surface area contributed by atoms with Gasteiger partial charge in [0.1, 0.15) is 18.5 Å². The minimum Gasteiger partial charge on any atom is -0.493 e. The summed E-state index contributed by atoms with van der Waals surface area (Å²) in [5.74, 6) is 2.03. The summed E-state index contributed by atoms with van der Waals surface area (Å²) in [5.41, 5.74) is 3.79. The molecule has 1 N–H and O–H groups in total. The molecule has 0 radical (unpaired) electrons. The van der Waals surface area contributed by atoms with Gasteiger partial charge in [-0.2, -0.15) is 0 Å². The summed E-state index contributed by atoms with van der Waals surface area (Å²) in [6.45, 7) is 2.98. The molecule has 1 aliphatic rings. The number of ether oxygens (including phenoxy) is 2. The zero-order chi connectivity index (χ0) is 24.4. The second-order valence-electron chi connectivity index (χ2n) is 8.88. The maximum absolute atomic E-state index is 13.0. The number of hydrogen-bond donors (Lipinski definition) is 1. The number of hydrogen-bond acceptors (Lipinski definition) is 5. The lowest BCUT2D eigenvalue weighted by molar-refractivity contribution is -0.117. The number of aryl methyl sites for hydroxylation is 1. The van der Waals surface area contributed by atoms with E-state index in [-0.39, 0.29) is 18.4 Å². The normalized spacial score (nSPS) is 16.6. The average Bonchev–Trinajstić information content (AvgIpc) is 3.43. The van der Waals surface area contributed by atoms with Crippen molar-refractivity contribution < 1.29 is 19.4 Å². The summed E-state index contributed by atoms with van der Waals surface area (Å²) >= 11 is 0. The first-order valence-corrected chi connectivity index (χ1v) is 11.8. The third kappa shape index (κ3) is 4.59. The van der Waals surface area contributed by atoms with Gasteiger partial charge in [-0.3, -0.25) is 4.79 Å². The molecule has 35 heavy (non-hydrogen) atoms. The highest BCUT2D eigenvalue weighted by Crippen LogP contribution is 2.34. The first-order valence-electron chi connectivity index (χ1n) is 11.8. The van der Waals surface area contributed by atoms with Crippen molar-refractivity contribution in [1.29, 1.82) is 0 Å². The number of nitrogens with zero attached hydrogens (tertiary/aromatic N) is 3. The van der Waals surface area contributed by atoms with Crippen LogP contribution in [0.4, 0.5) is 5.69 Å². The van der Waals surface area contributed by atoms with Gasteiger partial charge in [-0.05, 0) is 42.8 Å². The van der Waals surface area contributed by atoms with Crippen LogP contribution in [-0.2, 0) is 11.3 Å². The van der Waals surface area contributed by atoms with E-state index in [4.69, 9.17) is 14.5 Å². The van der Waals surface area contributed by atoms with Crippen LogP contribution < -0.4 is 14.4 Å². The van der Waals surface area contributed by atoms with Gasteiger partial charge in [0.25, 0.3) is 0 Å². The average molecular weight is 472 g/mol. The van der Waals surface area contributed by atoms with Crippen molar-refractivity contribution in [2.75, 3.05) is 25.2 Å². The zero-order valence-electron chi connectivity index (χ0n) is 19.9. The standard InChI is InChI=1S/C28H29N3O4/c1-19-9-3-5-11-23(19)30-16-20(15-27(30)33)28-29-22-10-4-6-12-24(22)31(28)17-21(32)18-35-26-14-8-7-13-25(26)34-2/h3-14,20-21,32H,15-18H2,1-2H3. The lowest BCUT2D eigenvalue weighted by Crippen LogP contribution is -2.27. The summed E-state index contributed by atoms with van der Waals surface area (Å²) in [6, 6.07) is 23.2. The number of rotatable bonds is 8. The van der Waals surface area contributed by atoms with E-state index < -0.39 is 6.10 Å². The predicted octanol–water partition coefficient (Wildman–Crippen LogP) is 4.31. The van der Waals surface area contributed by atoms with Crippen LogP contribution in [-0.4, -0.2) is 46.9 Å². The molecule has 1 aromatic heterocycles. The number of anilines is 1. The van der Waals surface area contributed by atoms with E-state index in [0.717, 1.165) is 28.1 Å². The summed E-state index contributed by atoms with van der Waals surface area (Å²) in [6.07, 6.45) is -0.397. The van der Waals surface area contributed by atoms with Crippen molar-refractivity contribution in [3.05, 3.63) is 84.2 Å². The Morgan fingerprint density at radius 3 is 2.54 bits per heavy atom. The van der Waals surface area contributed by atoms with Gasteiger partial charge in [-0.25, -0.2) is 4.98 Å². The topological polar surface area (TPSA) is 76.8 Å². The SMILES string of the molecule is COc1ccccc1OCC(O)Cn1c(C2CC(=O)N(c3ccccc3C)C2)nc2ccccc21. The number of aromatic nitrogens is 2. The van der Waals surface area contributed by atoms with Gasteiger partial charge >= 0.3 is 0 Å².